The van der Waals surface area contributed by atoms with Crippen LogP contribution >= 0.6 is 11.6 Å². The Morgan fingerprint density at radius 1 is 1.31 bits per heavy atom. The molecular weight excluding hydrogens is 235 g/mol. The van der Waals surface area contributed by atoms with Crippen LogP contribution in [0.1, 0.15) is 23.7 Å². The van der Waals surface area contributed by atoms with Crippen molar-refractivity contribution in [2.75, 3.05) is 5.88 Å². The highest BCUT2D eigenvalue weighted by Crippen LogP contribution is 2.23. The first-order chi connectivity index (χ1) is 7.60. The van der Waals surface area contributed by atoms with Gasteiger partial charge in [-0.25, -0.2) is 4.39 Å². The highest BCUT2D eigenvalue weighted by molar-refractivity contribution is 6.17. The number of hydrogen-bond donors (Lipinski definition) is 3. The topological polar surface area (TPSA) is 60.7 Å². The quantitative estimate of drug-likeness (QED) is 0.690. The molecule has 2 unspecified atom stereocenters. The average molecular weight is 249 g/mol. The molecule has 0 aliphatic carbocycles. The first kappa shape index (κ1) is 13.4. The van der Waals surface area contributed by atoms with E-state index in [0.717, 1.165) is 6.07 Å². The van der Waals surface area contributed by atoms with Gasteiger partial charge in [0.1, 0.15) is 11.9 Å². The summed E-state index contributed by atoms with van der Waals surface area (Å²) in [6, 6.07) is 3.90. The monoisotopic (exact) mass is 248 g/mol. The molecule has 0 radical (unpaired) electrons. The maximum Gasteiger partial charge on any atom is 0.129 e. The summed E-state index contributed by atoms with van der Waals surface area (Å²) >= 11 is 5.42. The molecule has 2 atom stereocenters. The van der Waals surface area contributed by atoms with Crippen molar-refractivity contribution in [3.63, 3.8) is 0 Å². The number of hydrogen-bond acceptors (Lipinski definition) is 3. The fourth-order valence-corrected chi connectivity index (χ4v) is 1.62. The minimum absolute atomic E-state index is 0.0239. The maximum atomic E-state index is 13.4. The van der Waals surface area contributed by atoms with Crippen molar-refractivity contribution < 1.29 is 19.7 Å². The van der Waals surface area contributed by atoms with Crippen LogP contribution in [0.25, 0.3) is 0 Å². The highest BCUT2D eigenvalue weighted by atomic mass is 35.5. The Morgan fingerprint density at radius 3 is 2.56 bits per heavy atom. The van der Waals surface area contributed by atoms with Crippen LogP contribution in [0.15, 0.2) is 18.2 Å². The van der Waals surface area contributed by atoms with Crippen molar-refractivity contribution in [1.82, 2.24) is 0 Å². The third-order valence-electron chi connectivity index (χ3n) is 2.33. The number of benzene rings is 1. The third-order valence-corrected chi connectivity index (χ3v) is 2.55. The van der Waals surface area contributed by atoms with Gasteiger partial charge in [0.15, 0.2) is 0 Å². The van der Waals surface area contributed by atoms with E-state index in [1.54, 1.807) is 0 Å². The molecule has 90 valence electrons. The first-order valence-corrected chi connectivity index (χ1v) is 5.45. The van der Waals surface area contributed by atoms with Crippen LogP contribution in [-0.4, -0.2) is 27.3 Å². The zero-order valence-corrected chi connectivity index (χ0v) is 9.36. The molecule has 0 saturated carbocycles. The molecule has 0 heterocycles. The number of aliphatic hydroxyl groups is 3. The second kappa shape index (κ2) is 6.15. The molecule has 1 rings (SSSR count). The molecule has 0 amide bonds. The molecule has 16 heavy (non-hydrogen) atoms. The standard InChI is InChI=1S/C11H14ClFO3/c12-4-3-10(15)11(16)8-5-7(6-14)1-2-9(8)13/h1-2,5,10-11,14-16H,3-4,6H2. The molecule has 0 fully saturated rings. The molecule has 3 nitrogen and oxygen atoms in total. The molecule has 0 spiro atoms. The Hall–Kier alpha value is -0.680. The van der Waals surface area contributed by atoms with Crippen LogP contribution in [0.2, 0.25) is 0 Å². The number of halogens is 2. The predicted octanol–water partition coefficient (Wildman–Crippen LogP) is 1.34. The summed E-state index contributed by atoms with van der Waals surface area (Å²) in [5.74, 6) is -0.433. The van der Waals surface area contributed by atoms with E-state index < -0.39 is 18.0 Å². The van der Waals surface area contributed by atoms with Crippen molar-refractivity contribution in [2.45, 2.75) is 25.2 Å². The molecule has 1 aromatic rings. The lowest BCUT2D eigenvalue weighted by Crippen LogP contribution is -2.20. The van der Waals surface area contributed by atoms with Crippen LogP contribution in [0.5, 0.6) is 0 Å². The van der Waals surface area contributed by atoms with E-state index >= 15 is 0 Å². The van der Waals surface area contributed by atoms with Gasteiger partial charge in [0.25, 0.3) is 0 Å². The lowest BCUT2D eigenvalue weighted by atomic mass is 10.00. The minimum Gasteiger partial charge on any atom is -0.392 e. The maximum absolute atomic E-state index is 13.4. The van der Waals surface area contributed by atoms with E-state index in [4.69, 9.17) is 16.7 Å². The number of alkyl halides is 1. The van der Waals surface area contributed by atoms with Gasteiger partial charge in [-0.15, -0.1) is 11.6 Å². The van der Waals surface area contributed by atoms with Gasteiger partial charge in [-0.05, 0) is 24.1 Å². The molecule has 5 heteroatoms. The lowest BCUT2D eigenvalue weighted by molar-refractivity contribution is 0.0148. The summed E-state index contributed by atoms with van der Waals surface area (Å²) in [5.41, 5.74) is 0.456. The van der Waals surface area contributed by atoms with E-state index in [1.807, 2.05) is 0 Å². The Labute approximate surface area is 98.1 Å². The van der Waals surface area contributed by atoms with Crippen LogP contribution in [0.3, 0.4) is 0 Å². The summed E-state index contributed by atoms with van der Waals surface area (Å²) in [6.45, 7) is -0.244. The van der Waals surface area contributed by atoms with Gasteiger partial charge in [-0.2, -0.15) is 0 Å². The first-order valence-electron chi connectivity index (χ1n) is 4.91. The van der Waals surface area contributed by atoms with E-state index in [-0.39, 0.29) is 24.5 Å². The minimum atomic E-state index is -1.33. The largest absolute Gasteiger partial charge is 0.392 e. The summed E-state index contributed by atoms with van der Waals surface area (Å²) in [6.07, 6.45) is -2.27. The van der Waals surface area contributed by atoms with Gasteiger partial charge in [0, 0.05) is 11.4 Å². The summed E-state index contributed by atoms with van der Waals surface area (Å²) < 4.78 is 13.4. The summed E-state index contributed by atoms with van der Waals surface area (Å²) in [5, 5.41) is 28.1. The Morgan fingerprint density at radius 2 is 2.00 bits per heavy atom. The Balaban J connectivity index is 2.92. The fourth-order valence-electron chi connectivity index (χ4n) is 1.40. The van der Waals surface area contributed by atoms with Gasteiger partial charge < -0.3 is 15.3 Å². The van der Waals surface area contributed by atoms with E-state index in [2.05, 4.69) is 0 Å². The molecule has 0 saturated heterocycles. The molecular formula is C11H14ClFO3. The zero-order valence-electron chi connectivity index (χ0n) is 8.61. The van der Waals surface area contributed by atoms with Crippen LogP contribution in [0.4, 0.5) is 4.39 Å². The van der Waals surface area contributed by atoms with Gasteiger partial charge in [0.2, 0.25) is 0 Å². The molecule has 1 aromatic carbocycles. The highest BCUT2D eigenvalue weighted by Gasteiger charge is 2.21. The number of rotatable bonds is 5. The SMILES string of the molecule is OCc1ccc(F)c(C(O)C(O)CCCl)c1. The summed E-state index contributed by atoms with van der Waals surface area (Å²) in [4.78, 5) is 0. The predicted molar refractivity (Wildman–Crippen MR) is 58.6 cm³/mol. The molecule has 0 aliphatic heterocycles. The van der Waals surface area contributed by atoms with Crippen molar-refractivity contribution >= 4 is 11.6 Å². The second-order valence-electron chi connectivity index (χ2n) is 3.50. The van der Waals surface area contributed by atoms with Crippen molar-refractivity contribution in [1.29, 1.82) is 0 Å². The summed E-state index contributed by atoms with van der Waals surface area (Å²) in [7, 11) is 0. The average Bonchev–Trinajstić information content (AvgIpc) is 2.29. The van der Waals surface area contributed by atoms with Crippen LogP contribution in [-0.2, 0) is 6.61 Å². The van der Waals surface area contributed by atoms with Crippen LogP contribution in [0, 0.1) is 5.82 Å². The Kier molecular flexibility index (Phi) is 5.15. The fraction of sp³-hybridized carbons (Fsp3) is 0.455. The normalized spacial score (nSPS) is 14.8. The molecule has 3 N–H and O–H groups in total. The molecule has 0 bridgehead atoms. The second-order valence-corrected chi connectivity index (χ2v) is 3.88. The lowest BCUT2D eigenvalue weighted by Gasteiger charge is -2.18. The molecule has 0 aromatic heterocycles. The van der Waals surface area contributed by atoms with Crippen molar-refractivity contribution in [2.24, 2.45) is 0 Å². The molecule has 0 aliphatic rings. The van der Waals surface area contributed by atoms with Crippen molar-refractivity contribution in [3.8, 4) is 0 Å². The van der Waals surface area contributed by atoms with E-state index in [9.17, 15) is 14.6 Å². The van der Waals surface area contributed by atoms with Gasteiger partial charge >= 0.3 is 0 Å². The zero-order chi connectivity index (χ0) is 12.1. The van der Waals surface area contributed by atoms with Crippen molar-refractivity contribution in [3.05, 3.63) is 35.1 Å². The van der Waals surface area contributed by atoms with Gasteiger partial charge in [0.05, 0.1) is 12.7 Å². The van der Waals surface area contributed by atoms with Gasteiger partial charge in [-0.3, -0.25) is 0 Å². The third kappa shape index (κ3) is 3.15. The van der Waals surface area contributed by atoms with Crippen LogP contribution < -0.4 is 0 Å². The van der Waals surface area contributed by atoms with Gasteiger partial charge in [-0.1, -0.05) is 6.07 Å². The van der Waals surface area contributed by atoms with E-state index in [0.29, 0.717) is 5.56 Å². The number of aliphatic hydroxyl groups excluding tert-OH is 3. The Bertz CT molecular complexity index is 346. The smallest absolute Gasteiger partial charge is 0.129 e. The van der Waals surface area contributed by atoms with E-state index in [1.165, 1.54) is 12.1 Å².